The molecule has 1 aromatic heterocycles. The van der Waals surface area contributed by atoms with Crippen LogP contribution in [-0.4, -0.2) is 25.7 Å². The number of anilines is 2. The van der Waals surface area contributed by atoms with Gasteiger partial charge in [-0.15, -0.1) is 0 Å². The maximum atomic E-state index is 5.46. The third kappa shape index (κ3) is 3.17. The Hall–Kier alpha value is -2.21. The SMILES string of the molecule is COc1ccc(Nc2nc(CCN)co2)c(OC)c1. The molecule has 0 aliphatic carbocycles. The van der Waals surface area contributed by atoms with Crippen LogP contribution in [0, 0.1) is 0 Å². The topological polar surface area (TPSA) is 82.5 Å². The van der Waals surface area contributed by atoms with Crippen LogP contribution in [0.2, 0.25) is 0 Å². The Labute approximate surface area is 111 Å². The molecule has 0 aliphatic heterocycles. The van der Waals surface area contributed by atoms with Crippen LogP contribution in [-0.2, 0) is 6.42 Å². The molecule has 0 aliphatic rings. The number of methoxy groups -OCH3 is 2. The summed E-state index contributed by atoms with van der Waals surface area (Å²) < 4.78 is 15.7. The standard InChI is InChI=1S/C13H17N3O3/c1-17-10-3-4-11(12(7-10)18-2)16-13-15-9(5-6-14)8-19-13/h3-4,7-8H,5-6,14H2,1-2H3,(H,15,16). The van der Waals surface area contributed by atoms with E-state index in [0.29, 0.717) is 24.7 Å². The highest BCUT2D eigenvalue weighted by molar-refractivity contribution is 5.63. The summed E-state index contributed by atoms with van der Waals surface area (Å²) in [6, 6.07) is 5.86. The summed E-state index contributed by atoms with van der Waals surface area (Å²) in [7, 11) is 3.20. The molecule has 2 rings (SSSR count). The van der Waals surface area contributed by atoms with Gasteiger partial charge in [0.15, 0.2) is 0 Å². The zero-order chi connectivity index (χ0) is 13.7. The van der Waals surface area contributed by atoms with Crippen molar-refractivity contribution in [1.29, 1.82) is 0 Å². The van der Waals surface area contributed by atoms with Gasteiger partial charge in [-0.1, -0.05) is 0 Å². The highest BCUT2D eigenvalue weighted by atomic mass is 16.5. The molecule has 3 N–H and O–H groups in total. The molecule has 0 spiro atoms. The lowest BCUT2D eigenvalue weighted by molar-refractivity contribution is 0.395. The van der Waals surface area contributed by atoms with Crippen molar-refractivity contribution in [3.05, 3.63) is 30.2 Å². The molecule has 1 heterocycles. The van der Waals surface area contributed by atoms with E-state index in [1.807, 2.05) is 12.1 Å². The maximum Gasteiger partial charge on any atom is 0.299 e. The van der Waals surface area contributed by atoms with Crippen LogP contribution >= 0.6 is 0 Å². The summed E-state index contributed by atoms with van der Waals surface area (Å²) in [6.07, 6.45) is 2.27. The molecule has 0 amide bonds. The Morgan fingerprint density at radius 3 is 2.84 bits per heavy atom. The van der Waals surface area contributed by atoms with Gasteiger partial charge in [0, 0.05) is 12.5 Å². The van der Waals surface area contributed by atoms with E-state index in [9.17, 15) is 0 Å². The monoisotopic (exact) mass is 263 g/mol. The molecule has 0 saturated carbocycles. The van der Waals surface area contributed by atoms with E-state index < -0.39 is 0 Å². The molecule has 0 saturated heterocycles. The van der Waals surface area contributed by atoms with E-state index in [0.717, 1.165) is 17.1 Å². The summed E-state index contributed by atoms with van der Waals surface area (Å²) in [6.45, 7) is 0.540. The van der Waals surface area contributed by atoms with E-state index in [4.69, 9.17) is 19.6 Å². The summed E-state index contributed by atoms with van der Waals surface area (Å²) >= 11 is 0. The second-order valence-electron chi connectivity index (χ2n) is 3.87. The van der Waals surface area contributed by atoms with Crippen LogP contribution in [0.1, 0.15) is 5.69 Å². The molecule has 0 unspecified atom stereocenters. The van der Waals surface area contributed by atoms with E-state index in [2.05, 4.69) is 10.3 Å². The van der Waals surface area contributed by atoms with Crippen molar-refractivity contribution in [2.75, 3.05) is 26.1 Å². The predicted molar refractivity (Wildman–Crippen MR) is 72.1 cm³/mol. The van der Waals surface area contributed by atoms with E-state index in [1.54, 1.807) is 26.5 Å². The number of aromatic nitrogens is 1. The van der Waals surface area contributed by atoms with Gasteiger partial charge in [0.05, 0.1) is 25.6 Å². The molecule has 0 fully saturated rings. The van der Waals surface area contributed by atoms with Crippen LogP contribution in [0.25, 0.3) is 0 Å². The van der Waals surface area contributed by atoms with Gasteiger partial charge in [-0.05, 0) is 18.7 Å². The summed E-state index contributed by atoms with van der Waals surface area (Å²) in [5, 5.41) is 3.05. The van der Waals surface area contributed by atoms with Crippen LogP contribution in [0.5, 0.6) is 11.5 Å². The number of nitrogens with one attached hydrogen (secondary N) is 1. The predicted octanol–water partition coefficient (Wildman–Crippen LogP) is 1.94. The first-order valence-electron chi connectivity index (χ1n) is 5.90. The van der Waals surface area contributed by atoms with Crippen LogP contribution in [0.3, 0.4) is 0 Å². The van der Waals surface area contributed by atoms with Crippen molar-refractivity contribution < 1.29 is 13.9 Å². The molecule has 2 aromatic rings. The van der Waals surface area contributed by atoms with Gasteiger partial charge in [-0.25, -0.2) is 0 Å². The van der Waals surface area contributed by atoms with E-state index >= 15 is 0 Å². The highest BCUT2D eigenvalue weighted by Gasteiger charge is 2.09. The Bertz CT molecular complexity index is 540. The van der Waals surface area contributed by atoms with E-state index in [-0.39, 0.29) is 0 Å². The highest BCUT2D eigenvalue weighted by Crippen LogP contribution is 2.31. The Morgan fingerprint density at radius 2 is 2.16 bits per heavy atom. The second-order valence-corrected chi connectivity index (χ2v) is 3.87. The third-order valence-electron chi connectivity index (χ3n) is 2.60. The van der Waals surface area contributed by atoms with Crippen molar-refractivity contribution in [2.24, 2.45) is 5.73 Å². The Morgan fingerprint density at radius 1 is 1.32 bits per heavy atom. The van der Waals surface area contributed by atoms with Crippen LogP contribution in [0.4, 0.5) is 11.7 Å². The summed E-state index contributed by atoms with van der Waals surface area (Å²) in [5.74, 6) is 1.37. The van der Waals surface area contributed by atoms with Gasteiger partial charge >= 0.3 is 0 Å². The molecule has 0 bridgehead atoms. The number of hydrogen-bond acceptors (Lipinski definition) is 6. The fraction of sp³-hybridized carbons (Fsp3) is 0.308. The van der Waals surface area contributed by atoms with Crippen LogP contribution in [0.15, 0.2) is 28.9 Å². The number of oxazole rings is 1. The first kappa shape index (κ1) is 13.2. The fourth-order valence-electron chi connectivity index (χ4n) is 1.64. The lowest BCUT2D eigenvalue weighted by Gasteiger charge is -2.09. The normalized spacial score (nSPS) is 10.3. The number of ether oxygens (including phenoxy) is 2. The second kappa shape index (κ2) is 6.10. The zero-order valence-electron chi connectivity index (χ0n) is 11.0. The van der Waals surface area contributed by atoms with Gasteiger partial charge in [-0.2, -0.15) is 4.98 Å². The van der Waals surface area contributed by atoms with Gasteiger partial charge in [0.2, 0.25) is 0 Å². The van der Waals surface area contributed by atoms with Gasteiger partial charge < -0.3 is 24.9 Å². The molecule has 0 radical (unpaired) electrons. The first-order chi connectivity index (χ1) is 9.26. The number of benzene rings is 1. The third-order valence-corrected chi connectivity index (χ3v) is 2.60. The maximum absolute atomic E-state index is 5.46. The number of nitrogens with two attached hydrogens (primary N) is 1. The molecule has 19 heavy (non-hydrogen) atoms. The number of rotatable bonds is 6. The minimum Gasteiger partial charge on any atom is -0.497 e. The van der Waals surface area contributed by atoms with Crippen molar-refractivity contribution in [3.8, 4) is 11.5 Å². The zero-order valence-corrected chi connectivity index (χ0v) is 11.0. The lowest BCUT2D eigenvalue weighted by atomic mass is 10.2. The number of hydrogen-bond donors (Lipinski definition) is 2. The minimum absolute atomic E-state index is 0.409. The lowest BCUT2D eigenvalue weighted by Crippen LogP contribution is -2.03. The summed E-state index contributed by atoms with van der Waals surface area (Å²) in [5.41, 5.74) is 7.04. The number of nitrogens with zero attached hydrogens (tertiary/aromatic N) is 1. The van der Waals surface area contributed by atoms with Crippen molar-refractivity contribution in [1.82, 2.24) is 4.98 Å². The quantitative estimate of drug-likeness (QED) is 0.828. The Kier molecular flexibility index (Phi) is 4.25. The fourth-order valence-corrected chi connectivity index (χ4v) is 1.64. The van der Waals surface area contributed by atoms with Gasteiger partial charge in [-0.3, -0.25) is 0 Å². The molecule has 0 atom stereocenters. The smallest absolute Gasteiger partial charge is 0.299 e. The van der Waals surface area contributed by atoms with Crippen molar-refractivity contribution in [2.45, 2.75) is 6.42 Å². The van der Waals surface area contributed by atoms with Crippen LogP contribution < -0.4 is 20.5 Å². The van der Waals surface area contributed by atoms with Crippen molar-refractivity contribution in [3.63, 3.8) is 0 Å². The van der Waals surface area contributed by atoms with Gasteiger partial charge in [0.1, 0.15) is 17.8 Å². The molecule has 1 aromatic carbocycles. The van der Waals surface area contributed by atoms with Gasteiger partial charge in [0.25, 0.3) is 6.01 Å². The van der Waals surface area contributed by atoms with Crippen molar-refractivity contribution >= 4 is 11.7 Å². The van der Waals surface area contributed by atoms with E-state index in [1.165, 1.54) is 0 Å². The molecule has 6 nitrogen and oxygen atoms in total. The first-order valence-corrected chi connectivity index (χ1v) is 5.90. The summed E-state index contributed by atoms with van der Waals surface area (Å²) in [4.78, 5) is 4.27. The molecule has 6 heteroatoms. The minimum atomic E-state index is 0.409. The average Bonchev–Trinajstić information content (AvgIpc) is 2.87. The largest absolute Gasteiger partial charge is 0.497 e. The molecular weight excluding hydrogens is 246 g/mol. The average molecular weight is 263 g/mol. The molecule has 102 valence electrons. The Balaban J connectivity index is 2.17. The molecular formula is C13H17N3O3.